The minimum Gasteiger partial charge on any atom is -0.365 e. The monoisotopic (exact) mass is 163 g/mol. The third-order valence-electron chi connectivity index (χ3n) is 1.40. The second-order valence-electron chi connectivity index (χ2n) is 2.29. The molecular weight excluding hydrogens is 155 g/mol. The van der Waals surface area contributed by atoms with Crippen LogP contribution < -0.4 is 10.3 Å². The van der Waals surface area contributed by atoms with Crippen LogP contribution in [0.3, 0.4) is 0 Å². The van der Waals surface area contributed by atoms with Gasteiger partial charge in [0.1, 0.15) is 11.6 Å². The lowest BCUT2D eigenvalue weighted by atomic mass is 10.3. The summed E-state index contributed by atoms with van der Waals surface area (Å²) in [5, 5.41) is 8.36. The van der Waals surface area contributed by atoms with Crippen molar-refractivity contribution in [3.8, 4) is 6.07 Å². The van der Waals surface area contributed by atoms with Crippen molar-refractivity contribution in [2.75, 3.05) is 0 Å². The first-order valence-electron chi connectivity index (χ1n) is 3.40. The molecule has 1 heterocycles. The summed E-state index contributed by atoms with van der Waals surface area (Å²) in [6.07, 6.45) is 3.25. The molecule has 0 saturated carbocycles. The predicted molar refractivity (Wildman–Crippen MR) is 40.8 cm³/mol. The Morgan fingerprint density at radius 1 is 1.75 bits per heavy atom. The highest BCUT2D eigenvalue weighted by Crippen LogP contribution is 1.91. The van der Waals surface area contributed by atoms with E-state index in [4.69, 9.17) is 11.0 Å². The Bertz CT molecular complexity index is 340. The first-order valence-corrected chi connectivity index (χ1v) is 3.40. The first kappa shape index (κ1) is 8.21. The Kier molecular flexibility index (Phi) is 2.38. The summed E-state index contributed by atoms with van der Waals surface area (Å²) in [4.78, 5) is 10.7. The van der Waals surface area contributed by atoms with E-state index in [9.17, 15) is 4.79 Å². The fourth-order valence-corrected chi connectivity index (χ4v) is 0.848. The van der Waals surface area contributed by atoms with Gasteiger partial charge in [0.25, 0.3) is 5.91 Å². The summed E-state index contributed by atoms with van der Waals surface area (Å²) in [6.45, 7) is 0.223. The number of pyridine rings is 1. The highest BCUT2D eigenvalue weighted by atomic mass is 16.1. The SMILES string of the molecule is N#CC[15n+]1cccc(C(N)=O)c1. The van der Waals surface area contributed by atoms with E-state index in [2.05, 4.69) is 0 Å². The minimum absolute atomic E-state index is 0.223. The largest absolute Gasteiger partial charge is 0.365 e. The fraction of sp³-hybridized carbons (Fsp3) is 0.125. The van der Waals surface area contributed by atoms with Crippen LogP contribution in [0.1, 0.15) is 10.4 Å². The number of nitriles is 1. The van der Waals surface area contributed by atoms with Crippen molar-refractivity contribution in [3.05, 3.63) is 30.1 Å². The molecule has 0 spiro atoms. The number of hydrogen-bond donors (Lipinski definition) is 1. The van der Waals surface area contributed by atoms with Gasteiger partial charge in [0.2, 0.25) is 6.54 Å². The van der Waals surface area contributed by atoms with E-state index < -0.39 is 5.91 Å². The molecule has 0 fully saturated rings. The molecule has 0 aromatic carbocycles. The van der Waals surface area contributed by atoms with E-state index in [1.54, 1.807) is 29.1 Å². The van der Waals surface area contributed by atoms with Crippen LogP contribution >= 0.6 is 0 Å². The molecule has 1 aromatic rings. The molecule has 4 heteroatoms. The lowest BCUT2D eigenvalue weighted by molar-refractivity contribution is -0.685. The number of primary amides is 1. The van der Waals surface area contributed by atoms with E-state index in [0.29, 0.717) is 5.56 Å². The van der Waals surface area contributed by atoms with Crippen molar-refractivity contribution < 1.29 is 9.36 Å². The molecule has 60 valence electrons. The van der Waals surface area contributed by atoms with E-state index >= 15 is 0 Å². The maximum absolute atomic E-state index is 10.7. The van der Waals surface area contributed by atoms with Gasteiger partial charge in [-0.05, 0) is 6.07 Å². The van der Waals surface area contributed by atoms with Gasteiger partial charge < -0.3 is 5.73 Å². The Morgan fingerprint density at radius 2 is 2.50 bits per heavy atom. The summed E-state index contributed by atoms with van der Waals surface area (Å²) in [7, 11) is 0. The van der Waals surface area contributed by atoms with Crippen molar-refractivity contribution in [1.29, 1.82) is 5.26 Å². The molecule has 4 nitrogen and oxygen atoms in total. The number of rotatable bonds is 2. The predicted octanol–water partition coefficient (Wildman–Crippen LogP) is -0.403. The molecule has 0 aliphatic carbocycles. The molecule has 0 aliphatic rings. The Labute approximate surface area is 69.8 Å². The average molecular weight is 163 g/mol. The lowest BCUT2D eigenvalue weighted by Crippen LogP contribution is -2.33. The number of carbonyl (C=O) groups is 1. The Balaban J connectivity index is 2.97. The quantitative estimate of drug-likeness (QED) is 0.602. The number of carbonyl (C=O) groups excluding carboxylic acids is 1. The van der Waals surface area contributed by atoms with Gasteiger partial charge >= 0.3 is 0 Å². The molecule has 1 rings (SSSR count). The Morgan fingerprint density at radius 3 is 3.08 bits per heavy atom. The molecule has 1 amide bonds. The smallest absolute Gasteiger partial charge is 0.254 e. The minimum atomic E-state index is -0.484. The molecule has 0 bridgehead atoms. The van der Waals surface area contributed by atoms with Gasteiger partial charge in [-0.25, -0.2) is 0 Å². The van der Waals surface area contributed by atoms with Crippen LogP contribution in [0.15, 0.2) is 24.5 Å². The number of hydrogen-bond acceptors (Lipinski definition) is 2. The maximum atomic E-state index is 10.7. The molecule has 0 atom stereocenters. The van der Waals surface area contributed by atoms with Crippen LogP contribution in [-0.2, 0) is 6.54 Å². The van der Waals surface area contributed by atoms with Crippen molar-refractivity contribution in [2.45, 2.75) is 6.54 Å². The number of nitrogens with two attached hydrogens (primary N) is 1. The van der Waals surface area contributed by atoms with Crippen LogP contribution in [-0.4, -0.2) is 5.91 Å². The zero-order valence-electron chi connectivity index (χ0n) is 6.40. The van der Waals surface area contributed by atoms with E-state index in [-0.39, 0.29) is 6.54 Å². The number of amides is 1. The summed E-state index contributed by atoms with van der Waals surface area (Å²) in [6, 6.07) is 5.25. The third-order valence-corrected chi connectivity index (χ3v) is 1.40. The van der Waals surface area contributed by atoms with E-state index in [1.165, 1.54) is 0 Å². The fourth-order valence-electron chi connectivity index (χ4n) is 0.848. The molecule has 1 aromatic heterocycles. The van der Waals surface area contributed by atoms with Crippen LogP contribution in [0.5, 0.6) is 0 Å². The summed E-state index contributed by atoms with van der Waals surface area (Å²) >= 11 is 0. The highest BCUT2D eigenvalue weighted by Gasteiger charge is 2.05. The lowest BCUT2D eigenvalue weighted by Gasteiger charge is -1.92. The highest BCUT2D eigenvalue weighted by molar-refractivity contribution is 5.92. The normalized spacial score (nSPS) is 8.92. The van der Waals surface area contributed by atoms with Crippen LogP contribution in [0.25, 0.3) is 0 Å². The molecule has 0 saturated heterocycles. The Hall–Kier alpha value is -1.89. The van der Waals surface area contributed by atoms with Crippen LogP contribution in [0, 0.1) is 11.3 Å². The molecule has 0 unspecified atom stereocenters. The molecule has 12 heavy (non-hydrogen) atoms. The van der Waals surface area contributed by atoms with Crippen molar-refractivity contribution in [3.63, 3.8) is 0 Å². The van der Waals surface area contributed by atoms with Gasteiger partial charge in [-0.1, -0.05) is 0 Å². The van der Waals surface area contributed by atoms with Crippen LogP contribution in [0.2, 0.25) is 0 Å². The molecule has 0 radical (unpaired) electrons. The van der Waals surface area contributed by atoms with Gasteiger partial charge in [-0.2, -0.15) is 9.83 Å². The van der Waals surface area contributed by atoms with Crippen molar-refractivity contribution in [1.82, 2.24) is 0 Å². The van der Waals surface area contributed by atoms with Gasteiger partial charge in [0.15, 0.2) is 12.4 Å². The third kappa shape index (κ3) is 1.80. The second kappa shape index (κ2) is 3.49. The van der Waals surface area contributed by atoms with E-state index in [0.717, 1.165) is 0 Å². The number of aromatic nitrogens is 1. The average Bonchev–Trinajstić information content (AvgIpc) is 2.05. The van der Waals surface area contributed by atoms with Gasteiger partial charge in [-0.15, -0.1) is 0 Å². The summed E-state index contributed by atoms with van der Waals surface area (Å²) in [5.74, 6) is -0.484. The first-order chi connectivity index (χ1) is 5.74. The van der Waals surface area contributed by atoms with Gasteiger partial charge in [-0.3, -0.25) is 4.79 Å². The number of nitrogens with zero attached hydrogens (tertiary/aromatic N) is 2. The van der Waals surface area contributed by atoms with E-state index in [1.807, 2.05) is 6.07 Å². The molecule has 0 aliphatic heterocycles. The van der Waals surface area contributed by atoms with Crippen molar-refractivity contribution in [2.24, 2.45) is 5.73 Å². The summed E-state index contributed by atoms with van der Waals surface area (Å²) < 4.78 is 1.60. The van der Waals surface area contributed by atoms with Gasteiger partial charge in [0.05, 0.1) is 0 Å². The van der Waals surface area contributed by atoms with Crippen LogP contribution in [0.4, 0.5) is 0 Å². The zero-order valence-corrected chi connectivity index (χ0v) is 6.40. The summed E-state index contributed by atoms with van der Waals surface area (Å²) in [5.41, 5.74) is 5.45. The molecular formula is C8H8N3O+. The maximum Gasteiger partial charge on any atom is 0.254 e. The molecule has 2 N–H and O–H groups in total. The van der Waals surface area contributed by atoms with Crippen molar-refractivity contribution >= 4 is 5.91 Å². The standard InChI is InChI=1S/C8H7N3O/c9-3-5-11-4-1-2-7(6-11)8(10)12/h1-2,4,6H,5H2,(H-,10,12)/p+1/i11+1. The second-order valence-corrected chi connectivity index (χ2v) is 2.29. The van der Waals surface area contributed by atoms with Gasteiger partial charge in [0, 0.05) is 6.07 Å². The zero-order chi connectivity index (χ0) is 8.97. The topological polar surface area (TPSA) is 70.8 Å².